The highest BCUT2D eigenvalue weighted by Crippen LogP contribution is 2.39. The minimum absolute atomic E-state index is 0. The van der Waals surface area contributed by atoms with E-state index in [0.717, 1.165) is 19.4 Å². The van der Waals surface area contributed by atoms with Crippen LogP contribution in [0.3, 0.4) is 0 Å². The van der Waals surface area contributed by atoms with Crippen LogP contribution in [0, 0.1) is 0 Å². The Morgan fingerprint density at radius 1 is 0.870 bits per heavy atom. The lowest BCUT2D eigenvalue weighted by Crippen LogP contribution is -2.45. The van der Waals surface area contributed by atoms with Crippen LogP contribution in [-0.2, 0) is 12.8 Å². The molecular weight excluding hydrogens is 304 g/mol. The van der Waals surface area contributed by atoms with E-state index >= 15 is 0 Å². The van der Waals surface area contributed by atoms with Crippen LogP contribution < -0.4 is 4.90 Å². The summed E-state index contributed by atoms with van der Waals surface area (Å²) in [5.41, 5.74) is 5.83. The number of aryl methyl sites for hydroxylation is 2. The first-order valence-electron chi connectivity index (χ1n) is 8.46. The molecular formula is C20H25ClN2. The van der Waals surface area contributed by atoms with E-state index in [-0.39, 0.29) is 12.4 Å². The molecule has 0 spiro atoms. The third kappa shape index (κ3) is 3.11. The number of nitrogens with zero attached hydrogens (tertiary/aromatic N) is 2. The summed E-state index contributed by atoms with van der Waals surface area (Å²) in [6, 6.07) is 18.6. The number of likely N-dealkylation sites (N-methyl/N-ethyl adjacent to an activating group) is 1. The van der Waals surface area contributed by atoms with Gasteiger partial charge in [-0.05, 0) is 62.5 Å². The van der Waals surface area contributed by atoms with Gasteiger partial charge in [0, 0.05) is 24.0 Å². The largest absolute Gasteiger partial charge is 0.337 e. The minimum Gasteiger partial charge on any atom is -0.337 e. The molecule has 0 aliphatic carbocycles. The van der Waals surface area contributed by atoms with Crippen molar-refractivity contribution in [3.05, 3.63) is 59.7 Å². The van der Waals surface area contributed by atoms with Gasteiger partial charge in [-0.1, -0.05) is 36.4 Å². The zero-order valence-electron chi connectivity index (χ0n) is 13.7. The molecule has 2 aliphatic rings. The van der Waals surface area contributed by atoms with Gasteiger partial charge in [0.25, 0.3) is 0 Å². The lowest BCUT2D eigenvalue weighted by molar-refractivity contribution is 0.251. The molecule has 1 unspecified atom stereocenters. The molecule has 0 saturated carbocycles. The summed E-state index contributed by atoms with van der Waals surface area (Å²) in [5, 5.41) is 0. The maximum atomic E-state index is 2.63. The van der Waals surface area contributed by atoms with Crippen LogP contribution in [0.25, 0.3) is 0 Å². The number of likely N-dealkylation sites (tertiary alicyclic amines) is 1. The standard InChI is InChI=1S/C20H24N2.ClH/c1-21-14-6-9-18(15-21)22-19-10-4-2-7-16(19)12-13-17-8-3-5-11-20(17)22;/h2-5,7-8,10-11,18H,6,9,12-15H2,1H3;1H. The first-order chi connectivity index (χ1) is 10.8. The third-order valence-corrected chi connectivity index (χ3v) is 5.13. The Hall–Kier alpha value is -1.51. The lowest BCUT2D eigenvalue weighted by Gasteiger charge is -2.40. The fourth-order valence-electron chi connectivity index (χ4n) is 4.06. The van der Waals surface area contributed by atoms with Gasteiger partial charge in [-0.3, -0.25) is 0 Å². The van der Waals surface area contributed by atoms with Gasteiger partial charge in [-0.2, -0.15) is 0 Å². The summed E-state index contributed by atoms with van der Waals surface area (Å²) < 4.78 is 0. The molecule has 2 aromatic rings. The summed E-state index contributed by atoms with van der Waals surface area (Å²) in [4.78, 5) is 5.11. The van der Waals surface area contributed by atoms with Gasteiger partial charge in [0.2, 0.25) is 0 Å². The quantitative estimate of drug-likeness (QED) is 0.763. The van der Waals surface area contributed by atoms with E-state index in [9.17, 15) is 0 Å². The van der Waals surface area contributed by atoms with Crippen molar-refractivity contribution in [2.45, 2.75) is 31.7 Å². The monoisotopic (exact) mass is 328 g/mol. The average Bonchev–Trinajstić information content (AvgIpc) is 2.71. The van der Waals surface area contributed by atoms with Gasteiger partial charge >= 0.3 is 0 Å². The summed E-state index contributed by atoms with van der Waals surface area (Å²) in [6.07, 6.45) is 4.87. The lowest BCUT2D eigenvalue weighted by atomic mass is 10.0. The average molecular weight is 329 g/mol. The van der Waals surface area contributed by atoms with Crippen molar-refractivity contribution >= 4 is 23.8 Å². The molecule has 23 heavy (non-hydrogen) atoms. The highest BCUT2D eigenvalue weighted by molar-refractivity contribution is 5.85. The molecule has 0 radical (unpaired) electrons. The summed E-state index contributed by atoms with van der Waals surface area (Å²) in [5.74, 6) is 0. The van der Waals surface area contributed by atoms with Crippen molar-refractivity contribution in [3.8, 4) is 0 Å². The number of para-hydroxylation sites is 2. The number of fused-ring (bicyclic) bond motifs is 2. The molecule has 1 atom stereocenters. The molecule has 0 aromatic heterocycles. The fourth-order valence-corrected chi connectivity index (χ4v) is 4.06. The first-order valence-corrected chi connectivity index (χ1v) is 8.46. The number of hydrogen-bond acceptors (Lipinski definition) is 2. The van der Waals surface area contributed by atoms with E-state index in [1.165, 1.54) is 41.9 Å². The molecule has 0 bridgehead atoms. The zero-order valence-corrected chi connectivity index (χ0v) is 14.6. The van der Waals surface area contributed by atoms with E-state index < -0.39 is 0 Å². The van der Waals surface area contributed by atoms with Crippen LogP contribution in [0.5, 0.6) is 0 Å². The Morgan fingerprint density at radius 3 is 2.00 bits per heavy atom. The second kappa shape index (κ2) is 6.94. The predicted molar refractivity (Wildman–Crippen MR) is 100 cm³/mol. The van der Waals surface area contributed by atoms with Crippen molar-refractivity contribution in [2.75, 3.05) is 25.0 Å². The molecule has 2 heterocycles. The van der Waals surface area contributed by atoms with Gasteiger partial charge in [-0.25, -0.2) is 0 Å². The first kappa shape index (κ1) is 16.4. The van der Waals surface area contributed by atoms with Crippen molar-refractivity contribution in [3.63, 3.8) is 0 Å². The van der Waals surface area contributed by atoms with E-state index in [2.05, 4.69) is 65.4 Å². The van der Waals surface area contributed by atoms with E-state index in [1.807, 2.05) is 0 Å². The molecule has 0 N–H and O–H groups in total. The summed E-state index contributed by atoms with van der Waals surface area (Å²) in [7, 11) is 2.25. The molecule has 2 aliphatic heterocycles. The van der Waals surface area contributed by atoms with Gasteiger partial charge in [-0.15, -0.1) is 12.4 Å². The van der Waals surface area contributed by atoms with Crippen molar-refractivity contribution in [2.24, 2.45) is 0 Å². The SMILES string of the molecule is CN1CCCC(N2c3ccccc3CCc3ccccc32)C1.Cl. The number of rotatable bonds is 1. The molecule has 0 amide bonds. The molecule has 3 heteroatoms. The van der Waals surface area contributed by atoms with Gasteiger partial charge in [0.15, 0.2) is 0 Å². The second-order valence-electron chi connectivity index (χ2n) is 6.69. The molecule has 4 rings (SSSR count). The van der Waals surface area contributed by atoms with Gasteiger partial charge < -0.3 is 9.80 Å². The summed E-state index contributed by atoms with van der Waals surface area (Å²) in [6.45, 7) is 2.39. The fraction of sp³-hybridized carbons (Fsp3) is 0.400. The van der Waals surface area contributed by atoms with Gasteiger partial charge in [0.05, 0.1) is 0 Å². The predicted octanol–water partition coefficient (Wildman–Crippen LogP) is 4.44. The van der Waals surface area contributed by atoms with Crippen LogP contribution in [0.4, 0.5) is 11.4 Å². The highest BCUT2D eigenvalue weighted by atomic mass is 35.5. The van der Waals surface area contributed by atoms with Crippen molar-refractivity contribution in [1.82, 2.24) is 4.90 Å². The maximum Gasteiger partial charge on any atom is 0.0469 e. The van der Waals surface area contributed by atoms with Crippen LogP contribution in [0.2, 0.25) is 0 Å². The molecule has 2 aromatic carbocycles. The Morgan fingerprint density at radius 2 is 1.43 bits per heavy atom. The number of benzene rings is 2. The van der Waals surface area contributed by atoms with E-state index in [0.29, 0.717) is 6.04 Å². The normalized spacial score (nSPS) is 20.9. The van der Waals surface area contributed by atoms with Crippen molar-refractivity contribution in [1.29, 1.82) is 0 Å². The molecule has 122 valence electrons. The number of hydrogen-bond donors (Lipinski definition) is 0. The van der Waals surface area contributed by atoms with Crippen LogP contribution >= 0.6 is 12.4 Å². The van der Waals surface area contributed by atoms with Crippen LogP contribution in [0.1, 0.15) is 24.0 Å². The van der Waals surface area contributed by atoms with Crippen LogP contribution in [-0.4, -0.2) is 31.1 Å². The zero-order chi connectivity index (χ0) is 14.9. The number of anilines is 2. The smallest absolute Gasteiger partial charge is 0.0469 e. The number of halogens is 1. The Kier molecular flexibility index (Phi) is 4.93. The van der Waals surface area contributed by atoms with E-state index in [1.54, 1.807) is 0 Å². The second-order valence-corrected chi connectivity index (χ2v) is 6.69. The minimum atomic E-state index is 0. The number of piperidine rings is 1. The Labute approximate surface area is 145 Å². The molecule has 2 nitrogen and oxygen atoms in total. The van der Waals surface area contributed by atoms with E-state index in [4.69, 9.17) is 0 Å². The van der Waals surface area contributed by atoms with Gasteiger partial charge in [0.1, 0.15) is 0 Å². The third-order valence-electron chi connectivity index (χ3n) is 5.13. The Balaban J connectivity index is 0.00000156. The summed E-state index contributed by atoms with van der Waals surface area (Å²) >= 11 is 0. The highest BCUT2D eigenvalue weighted by Gasteiger charge is 2.29. The van der Waals surface area contributed by atoms with Crippen LogP contribution in [0.15, 0.2) is 48.5 Å². The topological polar surface area (TPSA) is 6.48 Å². The molecule has 1 fully saturated rings. The maximum absolute atomic E-state index is 2.63. The molecule has 1 saturated heterocycles. The Bertz CT molecular complexity index is 623. The van der Waals surface area contributed by atoms with Crippen molar-refractivity contribution < 1.29 is 0 Å².